The summed E-state index contributed by atoms with van der Waals surface area (Å²) in [6.45, 7) is 3.02. The van der Waals surface area contributed by atoms with Crippen LogP contribution >= 0.6 is 0 Å². The van der Waals surface area contributed by atoms with E-state index in [2.05, 4.69) is 0 Å². The Balaban J connectivity index is 2.63. The van der Waals surface area contributed by atoms with Crippen molar-refractivity contribution in [3.05, 3.63) is 24.3 Å². The highest BCUT2D eigenvalue weighted by Gasteiger charge is 2.14. The number of nitrogens with two attached hydrogens (primary N) is 1. The standard InChI is InChI=1S/C13H21N3O2/c1-4-9-16(18-3)10-13(17)15(2)12-7-5-11(14)6-8-12/h5-8H,4,9-10,14H2,1-3H3. The quantitative estimate of drug-likeness (QED) is 0.615. The zero-order chi connectivity index (χ0) is 13.5. The molecule has 100 valence electrons. The maximum atomic E-state index is 12.0. The van der Waals surface area contributed by atoms with Gasteiger partial charge in [0.1, 0.15) is 6.54 Å². The van der Waals surface area contributed by atoms with E-state index in [0.29, 0.717) is 5.69 Å². The van der Waals surface area contributed by atoms with Crippen molar-refractivity contribution in [1.29, 1.82) is 0 Å². The first kappa shape index (κ1) is 14.5. The van der Waals surface area contributed by atoms with Gasteiger partial charge in [0.25, 0.3) is 0 Å². The Hall–Kier alpha value is -1.59. The van der Waals surface area contributed by atoms with Gasteiger partial charge in [0.05, 0.1) is 7.11 Å². The molecule has 0 spiro atoms. The lowest BCUT2D eigenvalue weighted by Gasteiger charge is -2.23. The van der Waals surface area contributed by atoms with E-state index in [0.717, 1.165) is 18.7 Å². The smallest absolute Gasteiger partial charge is 0.243 e. The SMILES string of the molecule is CCCN(CC(=O)N(C)c1ccc(N)cc1)OC. The first-order valence-corrected chi connectivity index (χ1v) is 5.99. The molecule has 18 heavy (non-hydrogen) atoms. The van der Waals surface area contributed by atoms with Gasteiger partial charge in [-0.1, -0.05) is 6.92 Å². The Morgan fingerprint density at radius 1 is 1.33 bits per heavy atom. The van der Waals surface area contributed by atoms with Gasteiger partial charge in [-0.05, 0) is 30.7 Å². The molecular formula is C13H21N3O2. The Bertz CT molecular complexity index is 378. The molecule has 0 bridgehead atoms. The van der Waals surface area contributed by atoms with E-state index in [-0.39, 0.29) is 12.5 Å². The van der Waals surface area contributed by atoms with Crippen LogP contribution < -0.4 is 10.6 Å². The van der Waals surface area contributed by atoms with E-state index in [1.165, 1.54) is 0 Å². The molecule has 0 fully saturated rings. The molecule has 2 N–H and O–H groups in total. The maximum absolute atomic E-state index is 12.0. The highest BCUT2D eigenvalue weighted by molar-refractivity contribution is 5.94. The number of hydrogen-bond donors (Lipinski definition) is 1. The largest absolute Gasteiger partial charge is 0.399 e. The molecule has 0 atom stereocenters. The minimum absolute atomic E-state index is 0.0185. The number of rotatable bonds is 6. The third kappa shape index (κ3) is 4.01. The van der Waals surface area contributed by atoms with Gasteiger partial charge >= 0.3 is 0 Å². The predicted molar refractivity (Wildman–Crippen MR) is 73.1 cm³/mol. The summed E-state index contributed by atoms with van der Waals surface area (Å²) in [5.41, 5.74) is 7.12. The van der Waals surface area contributed by atoms with Gasteiger partial charge in [0.15, 0.2) is 0 Å². The molecule has 0 heterocycles. The fraction of sp³-hybridized carbons (Fsp3) is 0.462. The van der Waals surface area contributed by atoms with Crippen LogP contribution in [-0.4, -0.2) is 38.2 Å². The highest BCUT2D eigenvalue weighted by atomic mass is 16.7. The van der Waals surface area contributed by atoms with Gasteiger partial charge in [-0.25, -0.2) is 0 Å². The van der Waals surface area contributed by atoms with E-state index in [9.17, 15) is 4.79 Å². The number of hydroxylamine groups is 2. The molecule has 1 rings (SSSR count). The average Bonchev–Trinajstić information content (AvgIpc) is 2.38. The zero-order valence-electron chi connectivity index (χ0n) is 11.2. The van der Waals surface area contributed by atoms with Gasteiger partial charge < -0.3 is 15.5 Å². The van der Waals surface area contributed by atoms with Crippen molar-refractivity contribution in [1.82, 2.24) is 5.06 Å². The van der Waals surface area contributed by atoms with E-state index >= 15 is 0 Å². The van der Waals surface area contributed by atoms with Crippen molar-refractivity contribution in [2.45, 2.75) is 13.3 Å². The molecule has 0 aliphatic carbocycles. The molecule has 0 saturated heterocycles. The summed E-state index contributed by atoms with van der Waals surface area (Å²) < 4.78 is 0. The van der Waals surface area contributed by atoms with E-state index in [1.807, 2.05) is 19.1 Å². The molecule has 5 nitrogen and oxygen atoms in total. The first-order chi connectivity index (χ1) is 8.58. The van der Waals surface area contributed by atoms with Gasteiger partial charge in [0.2, 0.25) is 5.91 Å². The number of hydrogen-bond acceptors (Lipinski definition) is 4. The molecule has 0 radical (unpaired) electrons. The average molecular weight is 251 g/mol. The molecule has 1 aromatic rings. The van der Waals surface area contributed by atoms with Crippen LogP contribution in [0.4, 0.5) is 11.4 Å². The van der Waals surface area contributed by atoms with Crippen LogP contribution in [0, 0.1) is 0 Å². The minimum Gasteiger partial charge on any atom is -0.399 e. The van der Waals surface area contributed by atoms with Crippen molar-refractivity contribution in [2.75, 3.05) is 37.9 Å². The van der Waals surface area contributed by atoms with Crippen molar-refractivity contribution < 1.29 is 9.63 Å². The lowest BCUT2D eigenvalue weighted by molar-refractivity contribution is -0.149. The molecular weight excluding hydrogens is 230 g/mol. The Labute approximate surface area is 108 Å². The van der Waals surface area contributed by atoms with E-state index < -0.39 is 0 Å². The van der Waals surface area contributed by atoms with Crippen molar-refractivity contribution in [3.8, 4) is 0 Å². The number of benzene rings is 1. The third-order valence-corrected chi connectivity index (χ3v) is 2.70. The van der Waals surface area contributed by atoms with Crippen LogP contribution in [0.15, 0.2) is 24.3 Å². The fourth-order valence-electron chi connectivity index (χ4n) is 1.58. The number of nitrogens with zero attached hydrogens (tertiary/aromatic N) is 2. The predicted octanol–water partition coefficient (Wildman–Crippen LogP) is 1.50. The highest BCUT2D eigenvalue weighted by Crippen LogP contribution is 2.15. The number of nitrogen functional groups attached to an aromatic ring is 1. The third-order valence-electron chi connectivity index (χ3n) is 2.70. The number of carbonyl (C=O) groups is 1. The summed E-state index contributed by atoms with van der Waals surface area (Å²) in [5.74, 6) is -0.0185. The minimum atomic E-state index is -0.0185. The molecule has 1 amide bonds. The Morgan fingerprint density at radius 3 is 2.44 bits per heavy atom. The topological polar surface area (TPSA) is 58.8 Å². The summed E-state index contributed by atoms with van der Waals surface area (Å²) in [5, 5.41) is 1.65. The van der Waals surface area contributed by atoms with Crippen LogP contribution in [0.2, 0.25) is 0 Å². The van der Waals surface area contributed by atoms with Gasteiger partial charge in [0, 0.05) is 25.0 Å². The second kappa shape index (κ2) is 6.98. The number of amides is 1. The number of anilines is 2. The van der Waals surface area contributed by atoms with E-state index in [4.69, 9.17) is 10.6 Å². The molecule has 0 saturated carbocycles. The molecule has 0 aliphatic heterocycles. The van der Waals surface area contributed by atoms with Crippen LogP contribution in [0.25, 0.3) is 0 Å². The molecule has 0 unspecified atom stereocenters. The maximum Gasteiger partial charge on any atom is 0.243 e. The molecule has 1 aromatic carbocycles. The lowest BCUT2D eigenvalue weighted by Crippen LogP contribution is -2.38. The summed E-state index contributed by atoms with van der Waals surface area (Å²) >= 11 is 0. The second-order valence-corrected chi connectivity index (χ2v) is 4.09. The summed E-state index contributed by atoms with van der Waals surface area (Å²) in [6, 6.07) is 7.20. The van der Waals surface area contributed by atoms with Crippen LogP contribution in [-0.2, 0) is 9.63 Å². The van der Waals surface area contributed by atoms with Crippen molar-refractivity contribution in [2.24, 2.45) is 0 Å². The van der Waals surface area contributed by atoms with Crippen molar-refractivity contribution in [3.63, 3.8) is 0 Å². The van der Waals surface area contributed by atoms with Gasteiger partial charge in [-0.3, -0.25) is 4.79 Å². The van der Waals surface area contributed by atoms with Crippen molar-refractivity contribution >= 4 is 17.3 Å². The van der Waals surface area contributed by atoms with Crippen LogP contribution in [0.1, 0.15) is 13.3 Å². The Morgan fingerprint density at radius 2 is 1.94 bits per heavy atom. The second-order valence-electron chi connectivity index (χ2n) is 4.09. The monoisotopic (exact) mass is 251 g/mol. The van der Waals surface area contributed by atoms with Crippen LogP contribution in [0.3, 0.4) is 0 Å². The Kier molecular flexibility index (Phi) is 5.61. The summed E-state index contributed by atoms with van der Waals surface area (Å²) in [4.78, 5) is 18.8. The van der Waals surface area contributed by atoms with Gasteiger partial charge in [-0.15, -0.1) is 0 Å². The normalized spacial score (nSPS) is 10.7. The molecule has 0 aromatic heterocycles. The molecule has 5 heteroatoms. The van der Waals surface area contributed by atoms with Gasteiger partial charge in [-0.2, -0.15) is 5.06 Å². The van der Waals surface area contributed by atoms with Crippen LogP contribution in [0.5, 0.6) is 0 Å². The molecule has 0 aliphatic rings. The number of likely N-dealkylation sites (N-methyl/N-ethyl adjacent to an activating group) is 1. The fourth-order valence-corrected chi connectivity index (χ4v) is 1.58. The van der Waals surface area contributed by atoms with E-state index in [1.54, 1.807) is 36.3 Å². The summed E-state index contributed by atoms with van der Waals surface area (Å²) in [6.07, 6.45) is 0.937. The number of carbonyl (C=O) groups excluding carboxylic acids is 1. The summed E-state index contributed by atoms with van der Waals surface area (Å²) in [7, 11) is 3.32. The first-order valence-electron chi connectivity index (χ1n) is 5.99. The lowest BCUT2D eigenvalue weighted by atomic mass is 10.2. The zero-order valence-corrected chi connectivity index (χ0v) is 11.2.